The SMILES string of the molecule is CC1(C)CS(=O)CCN1CC(N)=O. The van der Waals surface area contributed by atoms with Gasteiger partial charge >= 0.3 is 0 Å². The molecule has 1 aliphatic rings. The molecule has 1 heterocycles. The molecule has 5 heteroatoms. The number of hydrogen-bond donors (Lipinski definition) is 1. The normalized spacial score (nSPS) is 28.6. The lowest BCUT2D eigenvalue weighted by Gasteiger charge is -2.41. The molecule has 2 N–H and O–H groups in total. The zero-order valence-electron chi connectivity index (χ0n) is 8.08. The Hall–Kier alpha value is -0.420. The highest BCUT2D eigenvalue weighted by Crippen LogP contribution is 2.19. The number of hydrogen-bond acceptors (Lipinski definition) is 3. The highest BCUT2D eigenvalue weighted by Gasteiger charge is 2.33. The molecular weight excluding hydrogens is 188 g/mol. The summed E-state index contributed by atoms with van der Waals surface area (Å²) in [6, 6.07) is 0. The van der Waals surface area contributed by atoms with Crippen LogP contribution in [0.4, 0.5) is 0 Å². The number of nitrogens with zero attached hydrogens (tertiary/aromatic N) is 1. The first kappa shape index (κ1) is 10.7. The molecule has 1 aliphatic heterocycles. The van der Waals surface area contributed by atoms with E-state index in [2.05, 4.69) is 0 Å². The van der Waals surface area contributed by atoms with E-state index in [1.165, 1.54) is 0 Å². The van der Waals surface area contributed by atoms with Crippen molar-refractivity contribution in [3.63, 3.8) is 0 Å². The summed E-state index contributed by atoms with van der Waals surface area (Å²) in [7, 11) is -0.739. The maximum absolute atomic E-state index is 11.3. The number of carbonyl (C=O) groups is 1. The molecule has 1 atom stereocenters. The molecule has 1 saturated heterocycles. The molecule has 0 aromatic heterocycles. The fourth-order valence-electron chi connectivity index (χ4n) is 1.55. The average Bonchev–Trinajstić information content (AvgIpc) is 1.93. The molecule has 1 fully saturated rings. The molecule has 13 heavy (non-hydrogen) atoms. The summed E-state index contributed by atoms with van der Waals surface area (Å²) < 4.78 is 11.3. The lowest BCUT2D eigenvalue weighted by atomic mass is 10.1. The van der Waals surface area contributed by atoms with Crippen molar-refractivity contribution in [3.05, 3.63) is 0 Å². The van der Waals surface area contributed by atoms with Gasteiger partial charge in [0.15, 0.2) is 0 Å². The van der Waals surface area contributed by atoms with E-state index in [-0.39, 0.29) is 18.0 Å². The second kappa shape index (κ2) is 3.75. The predicted octanol–water partition coefficient (Wildman–Crippen LogP) is -0.685. The first-order valence-electron chi connectivity index (χ1n) is 4.30. The Bertz CT molecular complexity index is 240. The van der Waals surface area contributed by atoms with Crippen LogP contribution in [0.2, 0.25) is 0 Å². The fourth-order valence-corrected chi connectivity index (χ4v) is 3.09. The van der Waals surface area contributed by atoms with Crippen LogP contribution in [0.5, 0.6) is 0 Å². The second-order valence-corrected chi connectivity index (χ2v) is 5.57. The third-order valence-electron chi connectivity index (χ3n) is 2.31. The Morgan fingerprint density at radius 1 is 1.62 bits per heavy atom. The number of primary amides is 1. The van der Waals surface area contributed by atoms with Crippen LogP contribution in [-0.2, 0) is 15.6 Å². The molecule has 0 radical (unpaired) electrons. The van der Waals surface area contributed by atoms with Crippen LogP contribution in [0.15, 0.2) is 0 Å². The van der Waals surface area contributed by atoms with Crippen LogP contribution < -0.4 is 5.73 Å². The van der Waals surface area contributed by atoms with Crippen LogP contribution in [0.1, 0.15) is 13.8 Å². The highest BCUT2D eigenvalue weighted by atomic mass is 32.2. The Kier molecular flexibility index (Phi) is 3.08. The Morgan fingerprint density at radius 3 is 2.69 bits per heavy atom. The lowest BCUT2D eigenvalue weighted by Crippen LogP contribution is -2.56. The van der Waals surface area contributed by atoms with Crippen molar-refractivity contribution in [2.24, 2.45) is 5.73 Å². The van der Waals surface area contributed by atoms with Gasteiger partial charge in [0.1, 0.15) is 0 Å². The van der Waals surface area contributed by atoms with Crippen molar-refractivity contribution >= 4 is 16.7 Å². The van der Waals surface area contributed by atoms with E-state index in [9.17, 15) is 9.00 Å². The number of rotatable bonds is 2. The summed E-state index contributed by atoms with van der Waals surface area (Å²) in [6.45, 7) is 4.95. The molecule has 76 valence electrons. The highest BCUT2D eigenvalue weighted by molar-refractivity contribution is 7.85. The molecule has 0 aromatic rings. The van der Waals surface area contributed by atoms with Gasteiger partial charge in [-0.25, -0.2) is 0 Å². The van der Waals surface area contributed by atoms with Crippen molar-refractivity contribution in [2.45, 2.75) is 19.4 Å². The molecule has 0 bridgehead atoms. The smallest absolute Gasteiger partial charge is 0.231 e. The average molecular weight is 204 g/mol. The van der Waals surface area contributed by atoms with Gasteiger partial charge < -0.3 is 5.73 Å². The molecule has 0 saturated carbocycles. The molecule has 0 aromatic carbocycles. The monoisotopic (exact) mass is 204 g/mol. The zero-order valence-corrected chi connectivity index (χ0v) is 8.89. The van der Waals surface area contributed by atoms with Crippen LogP contribution in [0.3, 0.4) is 0 Å². The number of amides is 1. The quantitative estimate of drug-likeness (QED) is 0.648. The summed E-state index contributed by atoms with van der Waals surface area (Å²) in [5, 5.41) is 0. The van der Waals surface area contributed by atoms with E-state index in [1.807, 2.05) is 18.7 Å². The van der Waals surface area contributed by atoms with E-state index in [0.29, 0.717) is 18.1 Å². The van der Waals surface area contributed by atoms with Gasteiger partial charge in [-0.15, -0.1) is 0 Å². The molecule has 1 amide bonds. The molecule has 4 nitrogen and oxygen atoms in total. The Labute approximate surface area is 80.9 Å². The topological polar surface area (TPSA) is 63.4 Å². The minimum atomic E-state index is -0.739. The first-order valence-corrected chi connectivity index (χ1v) is 5.79. The first-order chi connectivity index (χ1) is 5.92. The van der Waals surface area contributed by atoms with Gasteiger partial charge in [-0.3, -0.25) is 13.9 Å². The lowest BCUT2D eigenvalue weighted by molar-refractivity contribution is -0.120. The summed E-state index contributed by atoms with van der Waals surface area (Å²) in [5.41, 5.74) is 4.95. The maximum atomic E-state index is 11.3. The predicted molar refractivity (Wildman–Crippen MR) is 52.7 cm³/mol. The van der Waals surface area contributed by atoms with Crippen molar-refractivity contribution in [3.8, 4) is 0 Å². The summed E-state index contributed by atoms with van der Waals surface area (Å²) in [6.07, 6.45) is 0. The second-order valence-electron chi connectivity index (χ2n) is 3.99. The van der Waals surface area contributed by atoms with E-state index in [1.54, 1.807) is 0 Å². The third-order valence-corrected chi connectivity index (χ3v) is 3.97. The third kappa shape index (κ3) is 2.77. The van der Waals surface area contributed by atoms with E-state index >= 15 is 0 Å². The van der Waals surface area contributed by atoms with E-state index in [4.69, 9.17) is 5.73 Å². The molecule has 1 unspecified atom stereocenters. The summed E-state index contributed by atoms with van der Waals surface area (Å²) in [5.74, 6) is 0.956. The van der Waals surface area contributed by atoms with Gasteiger partial charge in [0.25, 0.3) is 0 Å². The van der Waals surface area contributed by atoms with Crippen LogP contribution >= 0.6 is 0 Å². The number of nitrogens with two attached hydrogens (primary N) is 1. The van der Waals surface area contributed by atoms with Gasteiger partial charge in [-0.2, -0.15) is 0 Å². The van der Waals surface area contributed by atoms with Gasteiger partial charge in [-0.05, 0) is 13.8 Å². The summed E-state index contributed by atoms with van der Waals surface area (Å²) in [4.78, 5) is 12.7. The Balaban J connectivity index is 2.64. The standard InChI is InChI=1S/C8H16N2O2S/c1-8(2)6-13(12)4-3-10(8)5-7(9)11/h3-6H2,1-2H3,(H2,9,11). The van der Waals surface area contributed by atoms with Crippen LogP contribution in [0, 0.1) is 0 Å². The maximum Gasteiger partial charge on any atom is 0.231 e. The van der Waals surface area contributed by atoms with E-state index < -0.39 is 10.8 Å². The largest absolute Gasteiger partial charge is 0.369 e. The van der Waals surface area contributed by atoms with E-state index in [0.717, 1.165) is 0 Å². The fraction of sp³-hybridized carbons (Fsp3) is 0.875. The molecule has 0 aliphatic carbocycles. The minimum Gasteiger partial charge on any atom is -0.369 e. The van der Waals surface area contributed by atoms with Crippen molar-refractivity contribution in [1.82, 2.24) is 4.90 Å². The van der Waals surface area contributed by atoms with Crippen LogP contribution in [-0.4, -0.2) is 45.2 Å². The van der Waals surface area contributed by atoms with Gasteiger partial charge in [0.05, 0.1) is 6.54 Å². The summed E-state index contributed by atoms with van der Waals surface area (Å²) >= 11 is 0. The van der Waals surface area contributed by atoms with Crippen molar-refractivity contribution in [1.29, 1.82) is 0 Å². The molecule has 1 rings (SSSR count). The minimum absolute atomic E-state index is 0.169. The zero-order chi connectivity index (χ0) is 10.1. The van der Waals surface area contributed by atoms with Crippen molar-refractivity contribution in [2.75, 3.05) is 24.6 Å². The van der Waals surface area contributed by atoms with Gasteiger partial charge in [-0.1, -0.05) is 0 Å². The molecular formula is C8H16N2O2S. The van der Waals surface area contributed by atoms with Gasteiger partial charge in [0.2, 0.25) is 5.91 Å². The van der Waals surface area contributed by atoms with Crippen LogP contribution in [0.25, 0.3) is 0 Å². The van der Waals surface area contributed by atoms with Crippen molar-refractivity contribution < 1.29 is 9.00 Å². The number of carbonyl (C=O) groups excluding carboxylic acids is 1. The Morgan fingerprint density at radius 2 is 2.23 bits per heavy atom. The van der Waals surface area contributed by atoms with Gasteiger partial charge in [0, 0.05) is 34.4 Å². The molecule has 0 spiro atoms.